The number of anilines is 1. The van der Waals surface area contributed by atoms with E-state index in [0.29, 0.717) is 22.9 Å². The van der Waals surface area contributed by atoms with Crippen molar-refractivity contribution in [1.29, 1.82) is 0 Å². The predicted octanol–water partition coefficient (Wildman–Crippen LogP) is 2.57. The molecule has 0 aliphatic carbocycles. The number of rotatable bonds is 5. The lowest BCUT2D eigenvalue weighted by Crippen LogP contribution is -2.13. The van der Waals surface area contributed by atoms with Crippen LogP contribution in [0.15, 0.2) is 39.9 Å². The zero-order chi connectivity index (χ0) is 18.0. The quantitative estimate of drug-likeness (QED) is 0.308. The molecule has 0 bridgehead atoms. The first-order valence-electron chi connectivity index (χ1n) is 6.96. The highest BCUT2D eigenvalue weighted by Gasteiger charge is 2.15. The summed E-state index contributed by atoms with van der Waals surface area (Å²) >= 11 is 5.80. The van der Waals surface area contributed by atoms with E-state index in [0.717, 1.165) is 0 Å². The van der Waals surface area contributed by atoms with Crippen LogP contribution >= 0.6 is 11.6 Å². The molecule has 0 saturated heterocycles. The second kappa shape index (κ2) is 6.61. The van der Waals surface area contributed by atoms with Crippen LogP contribution in [0.2, 0.25) is 5.02 Å². The Kier molecular flexibility index (Phi) is 4.35. The Balaban J connectivity index is 1.76. The Morgan fingerprint density at radius 1 is 1.40 bits per heavy atom. The number of aryl methyl sites for hydroxylation is 1. The Morgan fingerprint density at radius 3 is 2.88 bits per heavy atom. The van der Waals surface area contributed by atoms with Crippen molar-refractivity contribution in [3.05, 3.63) is 57.1 Å². The molecule has 0 radical (unpaired) electrons. The van der Waals surface area contributed by atoms with Crippen LogP contribution < -0.4 is 11.3 Å². The minimum absolute atomic E-state index is 0.0625. The van der Waals surface area contributed by atoms with Crippen molar-refractivity contribution in [2.45, 2.75) is 6.92 Å². The molecule has 0 atom stereocenters. The third-order valence-electron chi connectivity index (χ3n) is 3.28. The standard InChI is InChI=1S/C14H12ClN7O3/c1-8-18-20-14(21(8)16)19-17-7-10-3-5-13(25-10)9-2-4-11(15)12(6-9)22(23)24/h2-7H,16H2,1H3,(H,19,20)/b17-7-. The molecule has 1 aromatic carbocycles. The summed E-state index contributed by atoms with van der Waals surface area (Å²) in [4.78, 5) is 10.4. The maximum absolute atomic E-state index is 11.0. The van der Waals surface area contributed by atoms with Gasteiger partial charge in [0.05, 0.1) is 11.1 Å². The van der Waals surface area contributed by atoms with Crippen LogP contribution in [0.4, 0.5) is 11.6 Å². The molecule has 11 heteroatoms. The molecule has 0 aliphatic heterocycles. The van der Waals surface area contributed by atoms with Crippen LogP contribution in [0.25, 0.3) is 11.3 Å². The van der Waals surface area contributed by atoms with Gasteiger partial charge in [0.2, 0.25) is 0 Å². The van der Waals surface area contributed by atoms with Crippen molar-refractivity contribution in [2.75, 3.05) is 11.3 Å². The Hall–Kier alpha value is -3.40. The SMILES string of the molecule is Cc1nnc(N/N=C\c2ccc(-c3ccc(Cl)c([N+](=O)[O-])c3)o2)n1N. The highest BCUT2D eigenvalue weighted by molar-refractivity contribution is 6.32. The molecule has 0 aliphatic rings. The monoisotopic (exact) mass is 361 g/mol. The zero-order valence-corrected chi connectivity index (χ0v) is 13.6. The predicted molar refractivity (Wildman–Crippen MR) is 91.9 cm³/mol. The lowest BCUT2D eigenvalue weighted by molar-refractivity contribution is -0.384. The molecule has 2 aromatic heterocycles. The minimum Gasteiger partial charge on any atom is -0.455 e. The van der Waals surface area contributed by atoms with Gasteiger partial charge in [0, 0.05) is 11.6 Å². The second-order valence-electron chi connectivity index (χ2n) is 4.94. The van der Waals surface area contributed by atoms with Gasteiger partial charge in [-0.2, -0.15) is 5.10 Å². The van der Waals surface area contributed by atoms with Gasteiger partial charge in [0.15, 0.2) is 5.82 Å². The van der Waals surface area contributed by atoms with Gasteiger partial charge in [-0.05, 0) is 31.2 Å². The van der Waals surface area contributed by atoms with Crippen molar-refractivity contribution in [2.24, 2.45) is 5.10 Å². The fourth-order valence-corrected chi connectivity index (χ4v) is 2.17. The van der Waals surface area contributed by atoms with E-state index in [1.54, 1.807) is 25.1 Å². The van der Waals surface area contributed by atoms with E-state index >= 15 is 0 Å². The van der Waals surface area contributed by atoms with Gasteiger partial charge in [-0.25, -0.2) is 10.1 Å². The molecular weight excluding hydrogens is 350 g/mol. The maximum Gasteiger partial charge on any atom is 0.288 e. The van der Waals surface area contributed by atoms with Gasteiger partial charge < -0.3 is 10.3 Å². The molecule has 25 heavy (non-hydrogen) atoms. The fraction of sp³-hybridized carbons (Fsp3) is 0.0714. The van der Waals surface area contributed by atoms with Crippen LogP contribution in [0.1, 0.15) is 11.6 Å². The van der Waals surface area contributed by atoms with E-state index in [-0.39, 0.29) is 16.7 Å². The van der Waals surface area contributed by atoms with Gasteiger partial charge in [-0.3, -0.25) is 10.1 Å². The Morgan fingerprint density at radius 2 is 2.20 bits per heavy atom. The number of hydrogen-bond donors (Lipinski definition) is 2. The summed E-state index contributed by atoms with van der Waals surface area (Å²) in [5, 5.41) is 22.5. The highest BCUT2D eigenvalue weighted by Crippen LogP contribution is 2.30. The topological polar surface area (TPSA) is 137 Å². The molecule has 0 spiro atoms. The number of benzene rings is 1. The van der Waals surface area contributed by atoms with Gasteiger partial charge in [-0.15, -0.1) is 10.2 Å². The smallest absolute Gasteiger partial charge is 0.288 e. The van der Waals surface area contributed by atoms with E-state index in [9.17, 15) is 10.1 Å². The molecule has 0 saturated carbocycles. The third-order valence-corrected chi connectivity index (χ3v) is 3.60. The lowest BCUT2D eigenvalue weighted by atomic mass is 10.1. The summed E-state index contributed by atoms with van der Waals surface area (Å²) in [7, 11) is 0. The first-order chi connectivity index (χ1) is 12.0. The summed E-state index contributed by atoms with van der Waals surface area (Å²) in [6.07, 6.45) is 1.41. The highest BCUT2D eigenvalue weighted by atomic mass is 35.5. The number of furan rings is 1. The van der Waals surface area contributed by atoms with Crippen LogP contribution in [0.3, 0.4) is 0 Å². The number of nitrogens with one attached hydrogen (secondary N) is 1. The van der Waals surface area contributed by atoms with Gasteiger partial charge in [0.1, 0.15) is 16.5 Å². The summed E-state index contributed by atoms with van der Waals surface area (Å²) in [6, 6.07) is 7.76. The molecule has 0 fully saturated rings. The van der Waals surface area contributed by atoms with E-state index in [1.165, 1.54) is 23.0 Å². The number of nitrogens with two attached hydrogens (primary N) is 1. The molecule has 3 aromatic rings. The largest absolute Gasteiger partial charge is 0.455 e. The van der Waals surface area contributed by atoms with Crippen LogP contribution in [-0.4, -0.2) is 26.0 Å². The maximum atomic E-state index is 11.0. The summed E-state index contributed by atoms with van der Waals surface area (Å²) in [5.74, 6) is 7.36. The van der Waals surface area contributed by atoms with Crippen molar-refractivity contribution in [3.63, 3.8) is 0 Å². The van der Waals surface area contributed by atoms with Crippen molar-refractivity contribution < 1.29 is 9.34 Å². The number of nitrogen functional groups attached to an aromatic ring is 1. The summed E-state index contributed by atoms with van der Waals surface area (Å²) in [5.41, 5.74) is 2.97. The van der Waals surface area contributed by atoms with Gasteiger partial charge in [-0.1, -0.05) is 11.6 Å². The Bertz CT molecular complexity index is 963. The zero-order valence-electron chi connectivity index (χ0n) is 12.9. The van der Waals surface area contributed by atoms with E-state index in [4.69, 9.17) is 21.9 Å². The van der Waals surface area contributed by atoms with E-state index < -0.39 is 4.92 Å². The van der Waals surface area contributed by atoms with Crippen molar-refractivity contribution >= 4 is 29.5 Å². The number of aromatic nitrogens is 3. The molecule has 128 valence electrons. The number of hydrazone groups is 1. The number of nitro benzene ring substituents is 1. The normalized spacial score (nSPS) is 11.1. The molecule has 3 N–H and O–H groups in total. The van der Waals surface area contributed by atoms with Crippen LogP contribution in [0.5, 0.6) is 0 Å². The third kappa shape index (κ3) is 3.43. The fourth-order valence-electron chi connectivity index (χ4n) is 1.98. The molecule has 3 rings (SSSR count). The van der Waals surface area contributed by atoms with Gasteiger partial charge in [0.25, 0.3) is 11.6 Å². The van der Waals surface area contributed by atoms with Crippen LogP contribution in [-0.2, 0) is 0 Å². The number of hydrogen-bond acceptors (Lipinski definition) is 8. The second-order valence-corrected chi connectivity index (χ2v) is 5.34. The summed E-state index contributed by atoms with van der Waals surface area (Å²) in [6.45, 7) is 1.70. The van der Waals surface area contributed by atoms with Crippen molar-refractivity contribution in [3.8, 4) is 11.3 Å². The molecule has 2 heterocycles. The number of nitro groups is 1. The van der Waals surface area contributed by atoms with E-state index in [1.807, 2.05) is 0 Å². The number of nitrogens with zero attached hydrogens (tertiary/aromatic N) is 5. The van der Waals surface area contributed by atoms with Crippen molar-refractivity contribution in [1.82, 2.24) is 14.9 Å². The minimum atomic E-state index is -0.550. The average Bonchev–Trinajstić information content (AvgIpc) is 3.17. The van der Waals surface area contributed by atoms with Crippen LogP contribution in [0, 0.1) is 17.0 Å². The molecule has 0 unspecified atom stereocenters. The Labute approximate surface area is 146 Å². The molecule has 0 amide bonds. The van der Waals surface area contributed by atoms with E-state index in [2.05, 4.69) is 20.7 Å². The molecular formula is C14H12ClN7O3. The first-order valence-corrected chi connectivity index (χ1v) is 7.34. The lowest BCUT2D eigenvalue weighted by Gasteiger charge is -1.99. The first kappa shape index (κ1) is 16.5. The summed E-state index contributed by atoms with van der Waals surface area (Å²) < 4.78 is 6.84. The average molecular weight is 362 g/mol. The molecule has 10 nitrogen and oxygen atoms in total. The number of halogens is 1. The van der Waals surface area contributed by atoms with Gasteiger partial charge >= 0.3 is 0 Å².